The van der Waals surface area contributed by atoms with Gasteiger partial charge in [-0.25, -0.2) is 0 Å². The van der Waals surface area contributed by atoms with Crippen LogP contribution in [0.25, 0.3) is 0 Å². The zero-order chi connectivity index (χ0) is 13.7. The molecule has 0 aromatic heterocycles. The zero-order valence-electron chi connectivity index (χ0n) is 11.5. The highest BCUT2D eigenvalue weighted by atomic mass is 79.9. The van der Waals surface area contributed by atoms with Crippen molar-refractivity contribution in [2.24, 2.45) is 0 Å². The third-order valence-electron chi connectivity index (χ3n) is 4.01. The third kappa shape index (κ3) is 3.02. The van der Waals surface area contributed by atoms with E-state index in [0.717, 1.165) is 36.6 Å². The van der Waals surface area contributed by atoms with E-state index in [4.69, 9.17) is 4.74 Å². The van der Waals surface area contributed by atoms with Crippen LogP contribution in [0.15, 0.2) is 24.3 Å². The van der Waals surface area contributed by atoms with Crippen molar-refractivity contribution >= 4 is 21.9 Å². The van der Waals surface area contributed by atoms with Crippen molar-refractivity contribution in [2.45, 2.75) is 49.8 Å². The lowest BCUT2D eigenvalue weighted by atomic mass is 9.69. The lowest BCUT2D eigenvalue weighted by Gasteiger charge is -2.35. The van der Waals surface area contributed by atoms with Crippen molar-refractivity contribution in [3.8, 4) is 0 Å². The van der Waals surface area contributed by atoms with E-state index in [1.165, 1.54) is 12.0 Å². The molecular weight excluding hydrogens is 304 g/mol. The van der Waals surface area contributed by atoms with Gasteiger partial charge in [-0.05, 0) is 30.9 Å². The van der Waals surface area contributed by atoms with Gasteiger partial charge in [0.15, 0.2) is 0 Å². The molecule has 19 heavy (non-hydrogen) atoms. The highest BCUT2D eigenvalue weighted by molar-refractivity contribution is 9.08. The first-order chi connectivity index (χ1) is 9.23. The Morgan fingerprint density at radius 1 is 1.32 bits per heavy atom. The monoisotopic (exact) mass is 324 g/mol. The smallest absolute Gasteiger partial charge is 0.316 e. The Bertz CT molecular complexity index is 436. The van der Waals surface area contributed by atoms with Crippen LogP contribution in [0.2, 0.25) is 0 Å². The molecular formula is C16H21BrO2. The normalized spacial score (nSPS) is 18.0. The van der Waals surface area contributed by atoms with E-state index in [2.05, 4.69) is 34.1 Å². The van der Waals surface area contributed by atoms with Crippen LogP contribution in [-0.4, -0.2) is 12.6 Å². The molecule has 1 saturated carbocycles. The van der Waals surface area contributed by atoms with Crippen LogP contribution < -0.4 is 0 Å². The average Bonchev–Trinajstić information content (AvgIpc) is 2.48. The maximum atomic E-state index is 12.5. The summed E-state index contributed by atoms with van der Waals surface area (Å²) in [7, 11) is 0. The molecule has 2 nitrogen and oxygen atoms in total. The van der Waals surface area contributed by atoms with Gasteiger partial charge in [0.05, 0.1) is 12.0 Å². The Kier molecular flexibility index (Phi) is 5.03. The van der Waals surface area contributed by atoms with Gasteiger partial charge in [-0.1, -0.05) is 59.5 Å². The molecule has 0 atom stereocenters. The van der Waals surface area contributed by atoms with Crippen LogP contribution in [0.5, 0.6) is 0 Å². The molecule has 1 aliphatic carbocycles. The van der Waals surface area contributed by atoms with Crippen LogP contribution in [0, 0.1) is 0 Å². The summed E-state index contributed by atoms with van der Waals surface area (Å²) in [6.45, 7) is 2.34. The van der Waals surface area contributed by atoms with E-state index in [1.54, 1.807) is 0 Å². The molecule has 1 fully saturated rings. The summed E-state index contributed by atoms with van der Waals surface area (Å²) in [4.78, 5) is 12.5. The number of ether oxygens (including phenoxy) is 1. The van der Waals surface area contributed by atoms with Gasteiger partial charge in [0.25, 0.3) is 0 Å². The predicted octanol–water partition coefficient (Wildman–Crippen LogP) is 4.35. The fraction of sp³-hybridized carbons (Fsp3) is 0.562. The predicted molar refractivity (Wildman–Crippen MR) is 80.5 cm³/mol. The molecule has 0 amide bonds. The van der Waals surface area contributed by atoms with Crippen LogP contribution in [0.3, 0.4) is 0 Å². The fourth-order valence-electron chi connectivity index (χ4n) is 2.99. The SMILES string of the molecule is CCOC(=O)C1(c2cccc(CBr)c2)CCCCC1. The van der Waals surface area contributed by atoms with E-state index in [9.17, 15) is 4.79 Å². The standard InChI is InChI=1S/C16H21BrO2/c1-2-19-15(18)16(9-4-3-5-10-16)14-8-6-7-13(11-14)12-17/h6-8,11H,2-5,9-10,12H2,1H3. The lowest BCUT2D eigenvalue weighted by Crippen LogP contribution is -2.39. The summed E-state index contributed by atoms with van der Waals surface area (Å²) < 4.78 is 5.36. The minimum atomic E-state index is -0.410. The summed E-state index contributed by atoms with van der Waals surface area (Å²) in [6, 6.07) is 8.35. The number of halogens is 1. The summed E-state index contributed by atoms with van der Waals surface area (Å²) in [5.41, 5.74) is 1.93. The van der Waals surface area contributed by atoms with Gasteiger partial charge in [-0.2, -0.15) is 0 Å². The van der Waals surface area contributed by atoms with Gasteiger partial charge in [-0.15, -0.1) is 0 Å². The summed E-state index contributed by atoms with van der Waals surface area (Å²) in [5, 5.41) is 0.819. The second kappa shape index (κ2) is 6.56. The molecule has 0 radical (unpaired) electrons. The van der Waals surface area contributed by atoms with Crippen LogP contribution in [0.1, 0.15) is 50.2 Å². The molecule has 1 aliphatic rings. The fourth-order valence-corrected chi connectivity index (χ4v) is 3.34. The number of hydrogen-bond acceptors (Lipinski definition) is 2. The maximum absolute atomic E-state index is 12.5. The first kappa shape index (κ1) is 14.6. The van der Waals surface area contributed by atoms with Gasteiger partial charge < -0.3 is 4.74 Å². The van der Waals surface area contributed by atoms with Crippen LogP contribution >= 0.6 is 15.9 Å². The Balaban J connectivity index is 2.38. The third-order valence-corrected chi connectivity index (χ3v) is 4.65. The van der Waals surface area contributed by atoms with Crippen LogP contribution in [0.4, 0.5) is 0 Å². The van der Waals surface area contributed by atoms with E-state index in [1.807, 2.05) is 13.0 Å². The topological polar surface area (TPSA) is 26.3 Å². The largest absolute Gasteiger partial charge is 0.465 e. The highest BCUT2D eigenvalue weighted by Gasteiger charge is 2.42. The van der Waals surface area contributed by atoms with Crippen molar-refractivity contribution in [3.63, 3.8) is 0 Å². The number of alkyl halides is 1. The molecule has 0 aliphatic heterocycles. The molecule has 3 heteroatoms. The molecule has 1 aromatic carbocycles. The van der Waals surface area contributed by atoms with Gasteiger partial charge in [0, 0.05) is 5.33 Å². The molecule has 104 valence electrons. The quantitative estimate of drug-likeness (QED) is 0.608. The van der Waals surface area contributed by atoms with Crippen molar-refractivity contribution in [3.05, 3.63) is 35.4 Å². The molecule has 0 bridgehead atoms. The van der Waals surface area contributed by atoms with Gasteiger partial charge in [0.1, 0.15) is 0 Å². The second-order valence-corrected chi connectivity index (χ2v) is 5.76. The zero-order valence-corrected chi connectivity index (χ0v) is 13.0. The Morgan fingerprint density at radius 3 is 2.68 bits per heavy atom. The number of carbonyl (C=O) groups excluding carboxylic acids is 1. The molecule has 1 aromatic rings. The number of rotatable bonds is 4. The minimum Gasteiger partial charge on any atom is -0.465 e. The van der Waals surface area contributed by atoms with E-state index in [-0.39, 0.29) is 5.97 Å². The first-order valence-electron chi connectivity index (χ1n) is 7.05. The van der Waals surface area contributed by atoms with E-state index >= 15 is 0 Å². The molecule has 0 spiro atoms. The summed E-state index contributed by atoms with van der Waals surface area (Å²) >= 11 is 3.48. The van der Waals surface area contributed by atoms with Crippen molar-refractivity contribution < 1.29 is 9.53 Å². The Morgan fingerprint density at radius 2 is 2.05 bits per heavy atom. The minimum absolute atomic E-state index is 0.0403. The molecule has 0 saturated heterocycles. The Labute approximate surface area is 123 Å². The number of hydrogen-bond donors (Lipinski definition) is 0. The van der Waals surface area contributed by atoms with E-state index in [0.29, 0.717) is 6.61 Å². The molecule has 0 heterocycles. The van der Waals surface area contributed by atoms with Crippen molar-refractivity contribution in [1.82, 2.24) is 0 Å². The second-order valence-electron chi connectivity index (χ2n) is 5.20. The van der Waals surface area contributed by atoms with Crippen LogP contribution in [-0.2, 0) is 20.3 Å². The van der Waals surface area contributed by atoms with E-state index < -0.39 is 5.41 Å². The van der Waals surface area contributed by atoms with Gasteiger partial charge >= 0.3 is 5.97 Å². The molecule has 0 N–H and O–H groups in total. The number of esters is 1. The summed E-state index contributed by atoms with van der Waals surface area (Å²) in [5.74, 6) is -0.0403. The first-order valence-corrected chi connectivity index (χ1v) is 8.17. The molecule has 0 unspecified atom stereocenters. The van der Waals surface area contributed by atoms with Crippen molar-refractivity contribution in [2.75, 3.05) is 6.61 Å². The van der Waals surface area contributed by atoms with Gasteiger partial charge in [0.2, 0.25) is 0 Å². The lowest BCUT2D eigenvalue weighted by molar-refractivity contribution is -0.151. The van der Waals surface area contributed by atoms with Gasteiger partial charge in [-0.3, -0.25) is 4.79 Å². The highest BCUT2D eigenvalue weighted by Crippen LogP contribution is 2.41. The average molecular weight is 325 g/mol. The maximum Gasteiger partial charge on any atom is 0.316 e. The molecule has 2 rings (SSSR count). The van der Waals surface area contributed by atoms with Crippen molar-refractivity contribution in [1.29, 1.82) is 0 Å². The summed E-state index contributed by atoms with van der Waals surface area (Å²) in [6.07, 6.45) is 5.27. The number of carbonyl (C=O) groups is 1. The Hall–Kier alpha value is -0.830. The number of benzene rings is 1.